The summed E-state index contributed by atoms with van der Waals surface area (Å²) < 4.78 is 28.2. The number of hydrogen-bond donors (Lipinski definition) is 1. The first kappa shape index (κ1) is 28.1. The summed E-state index contributed by atoms with van der Waals surface area (Å²) in [4.78, 5) is 30.0. The van der Waals surface area contributed by atoms with E-state index in [2.05, 4.69) is 11.9 Å². The molecular weight excluding hydrogens is 504 g/mol. The van der Waals surface area contributed by atoms with Crippen LogP contribution in [0.4, 0.5) is 0 Å². The zero-order valence-electron chi connectivity index (χ0n) is 23.0. The van der Waals surface area contributed by atoms with Gasteiger partial charge in [-0.3, -0.25) is 9.59 Å². The molecule has 0 bridgehead atoms. The van der Waals surface area contributed by atoms with Crippen LogP contribution in [0.2, 0.25) is 0 Å². The minimum absolute atomic E-state index is 0.00215. The van der Waals surface area contributed by atoms with Crippen LogP contribution < -0.4 is 24.4 Å². The van der Waals surface area contributed by atoms with Crippen LogP contribution in [0, 0.1) is 0 Å². The number of unbranched alkanes of at least 4 members (excludes halogenated alkanes) is 2. The quantitative estimate of drug-likeness (QED) is 0.362. The highest BCUT2D eigenvalue weighted by Gasteiger charge is 2.25. The average Bonchev–Trinajstić information content (AvgIpc) is 2.96. The SMILES string of the molecule is COc1ccc(-c2oc3c(OC)c(OC)cc(OCCCCCC(=O)N4CCN(C)CC4)c3c(=O)c2O)cc1. The Morgan fingerprint density at radius 2 is 1.67 bits per heavy atom. The maximum absolute atomic E-state index is 13.4. The minimum atomic E-state index is -0.643. The standard InChI is InChI=1S/C29H36N2O8/c1-30-13-15-31(16-14-30)23(32)8-6-5-7-17-38-21-18-22(36-3)28(37-4)29-24(21)25(33)26(34)27(39-29)19-9-11-20(35-2)12-10-19/h9-12,18,34H,5-8,13-17H2,1-4H3. The van der Waals surface area contributed by atoms with Gasteiger partial charge in [0.15, 0.2) is 17.1 Å². The number of aromatic hydroxyl groups is 1. The molecule has 2 aromatic carbocycles. The molecule has 4 rings (SSSR count). The number of carbonyl (C=O) groups is 1. The van der Waals surface area contributed by atoms with Crippen molar-refractivity contribution >= 4 is 16.9 Å². The van der Waals surface area contributed by atoms with Crippen LogP contribution in [0.25, 0.3) is 22.3 Å². The van der Waals surface area contributed by atoms with Gasteiger partial charge < -0.3 is 38.3 Å². The number of benzene rings is 2. The van der Waals surface area contributed by atoms with Gasteiger partial charge in [-0.05, 0) is 50.6 Å². The van der Waals surface area contributed by atoms with Crippen molar-refractivity contribution in [1.82, 2.24) is 9.80 Å². The van der Waals surface area contributed by atoms with Crippen LogP contribution >= 0.6 is 0 Å². The van der Waals surface area contributed by atoms with E-state index in [4.69, 9.17) is 23.4 Å². The lowest BCUT2D eigenvalue weighted by Gasteiger charge is -2.32. The molecule has 0 saturated carbocycles. The predicted molar refractivity (Wildman–Crippen MR) is 147 cm³/mol. The van der Waals surface area contributed by atoms with E-state index in [1.807, 2.05) is 4.90 Å². The maximum atomic E-state index is 13.4. The first-order valence-corrected chi connectivity index (χ1v) is 13.1. The highest BCUT2D eigenvalue weighted by molar-refractivity contribution is 5.93. The lowest BCUT2D eigenvalue weighted by Crippen LogP contribution is -2.47. The Hall–Kier alpha value is -3.92. The second-order valence-electron chi connectivity index (χ2n) is 9.49. The smallest absolute Gasteiger partial charge is 0.238 e. The number of fused-ring (bicyclic) bond motifs is 1. The van der Waals surface area contributed by atoms with Gasteiger partial charge in [0.05, 0.1) is 27.9 Å². The van der Waals surface area contributed by atoms with E-state index in [1.165, 1.54) is 14.2 Å². The Bertz CT molecular complexity index is 1340. The van der Waals surface area contributed by atoms with Gasteiger partial charge in [0.25, 0.3) is 0 Å². The largest absolute Gasteiger partial charge is 0.502 e. The van der Waals surface area contributed by atoms with Crippen molar-refractivity contribution in [2.75, 3.05) is 61.2 Å². The number of rotatable bonds is 11. The summed E-state index contributed by atoms with van der Waals surface area (Å²) in [6.45, 7) is 3.68. The second-order valence-corrected chi connectivity index (χ2v) is 9.49. The molecule has 0 spiro atoms. The summed E-state index contributed by atoms with van der Waals surface area (Å²) in [7, 11) is 6.54. The van der Waals surface area contributed by atoms with E-state index in [1.54, 1.807) is 37.4 Å². The molecule has 0 atom stereocenters. The van der Waals surface area contributed by atoms with Crippen LogP contribution in [0.5, 0.6) is 28.7 Å². The number of piperazine rings is 1. The Labute approximate surface area is 227 Å². The molecule has 1 aliphatic heterocycles. The van der Waals surface area contributed by atoms with Crippen molar-refractivity contribution in [2.24, 2.45) is 0 Å². The second kappa shape index (κ2) is 12.8. The Balaban J connectivity index is 1.50. The van der Waals surface area contributed by atoms with Crippen molar-refractivity contribution < 1.29 is 33.3 Å². The third-order valence-corrected chi connectivity index (χ3v) is 6.95. The molecule has 10 heteroatoms. The summed E-state index contributed by atoms with van der Waals surface area (Å²) in [5.74, 6) is 1.04. The molecule has 2 heterocycles. The molecule has 210 valence electrons. The van der Waals surface area contributed by atoms with E-state index in [0.29, 0.717) is 36.5 Å². The highest BCUT2D eigenvalue weighted by atomic mass is 16.5. The molecule has 1 saturated heterocycles. The molecule has 1 fully saturated rings. The van der Waals surface area contributed by atoms with Gasteiger partial charge >= 0.3 is 0 Å². The van der Waals surface area contributed by atoms with Gasteiger partial charge in [-0.25, -0.2) is 0 Å². The molecule has 3 aromatic rings. The molecule has 1 aromatic heterocycles. The van der Waals surface area contributed by atoms with Gasteiger partial charge in [-0.15, -0.1) is 0 Å². The van der Waals surface area contributed by atoms with Gasteiger partial charge in [-0.1, -0.05) is 0 Å². The summed E-state index contributed by atoms with van der Waals surface area (Å²) in [5, 5.41) is 10.9. The number of ether oxygens (including phenoxy) is 4. The van der Waals surface area contributed by atoms with Crippen LogP contribution in [-0.4, -0.2) is 82.0 Å². The first-order chi connectivity index (χ1) is 18.9. The van der Waals surface area contributed by atoms with E-state index < -0.39 is 11.2 Å². The topological polar surface area (TPSA) is 111 Å². The van der Waals surface area contributed by atoms with E-state index >= 15 is 0 Å². The highest BCUT2D eigenvalue weighted by Crippen LogP contribution is 2.43. The normalized spacial score (nSPS) is 13.9. The fraction of sp³-hybridized carbons (Fsp3) is 0.448. The molecular formula is C29H36N2O8. The molecule has 1 aliphatic rings. The summed E-state index contributed by atoms with van der Waals surface area (Å²) in [6.07, 6.45) is 2.75. The monoisotopic (exact) mass is 540 g/mol. The third-order valence-electron chi connectivity index (χ3n) is 6.95. The number of nitrogens with zero attached hydrogens (tertiary/aromatic N) is 2. The van der Waals surface area contributed by atoms with Crippen molar-refractivity contribution in [3.8, 4) is 40.1 Å². The molecule has 0 unspecified atom stereocenters. The van der Waals surface area contributed by atoms with Crippen molar-refractivity contribution in [1.29, 1.82) is 0 Å². The lowest BCUT2D eigenvalue weighted by atomic mass is 10.1. The van der Waals surface area contributed by atoms with E-state index in [9.17, 15) is 14.7 Å². The molecule has 1 N–H and O–H groups in total. The fourth-order valence-electron chi connectivity index (χ4n) is 4.63. The van der Waals surface area contributed by atoms with Crippen molar-refractivity contribution in [3.63, 3.8) is 0 Å². The zero-order valence-corrected chi connectivity index (χ0v) is 23.0. The van der Waals surface area contributed by atoms with Crippen LogP contribution in [0.15, 0.2) is 39.5 Å². The maximum Gasteiger partial charge on any atom is 0.238 e. The van der Waals surface area contributed by atoms with Gasteiger partial charge in [0, 0.05) is 44.2 Å². The number of carbonyl (C=O) groups excluding carboxylic acids is 1. The van der Waals surface area contributed by atoms with Crippen molar-refractivity contribution in [3.05, 3.63) is 40.6 Å². The minimum Gasteiger partial charge on any atom is -0.502 e. The summed E-state index contributed by atoms with van der Waals surface area (Å²) >= 11 is 0. The third kappa shape index (κ3) is 6.22. The average molecular weight is 541 g/mol. The van der Waals surface area contributed by atoms with Crippen LogP contribution in [-0.2, 0) is 4.79 Å². The number of methoxy groups -OCH3 is 3. The lowest BCUT2D eigenvalue weighted by molar-refractivity contribution is -0.132. The first-order valence-electron chi connectivity index (χ1n) is 13.1. The molecule has 0 radical (unpaired) electrons. The summed E-state index contributed by atoms with van der Waals surface area (Å²) in [5.41, 5.74) is -0.0419. The Kier molecular flexibility index (Phi) is 9.19. The number of amides is 1. The molecule has 10 nitrogen and oxygen atoms in total. The molecule has 1 amide bonds. The van der Waals surface area contributed by atoms with Crippen LogP contribution in [0.3, 0.4) is 0 Å². The number of hydrogen-bond acceptors (Lipinski definition) is 9. The fourth-order valence-corrected chi connectivity index (χ4v) is 4.63. The molecule has 39 heavy (non-hydrogen) atoms. The van der Waals surface area contributed by atoms with E-state index in [0.717, 1.165) is 39.0 Å². The summed E-state index contributed by atoms with van der Waals surface area (Å²) in [6, 6.07) is 8.33. The molecule has 0 aliphatic carbocycles. The van der Waals surface area contributed by atoms with Crippen molar-refractivity contribution in [2.45, 2.75) is 25.7 Å². The Morgan fingerprint density at radius 1 is 0.949 bits per heavy atom. The van der Waals surface area contributed by atoms with Gasteiger partial charge in [0.2, 0.25) is 22.8 Å². The van der Waals surface area contributed by atoms with Gasteiger partial charge in [0.1, 0.15) is 16.9 Å². The predicted octanol–water partition coefficient (Wildman–Crippen LogP) is 3.90. The van der Waals surface area contributed by atoms with Crippen LogP contribution in [0.1, 0.15) is 25.7 Å². The number of likely N-dealkylation sites (N-methyl/N-ethyl adjacent to an activating group) is 1. The Morgan fingerprint density at radius 3 is 2.31 bits per heavy atom. The zero-order chi connectivity index (χ0) is 27.9. The van der Waals surface area contributed by atoms with E-state index in [-0.39, 0.29) is 34.1 Å². The van der Waals surface area contributed by atoms with Gasteiger partial charge in [-0.2, -0.15) is 0 Å².